The van der Waals surface area contributed by atoms with Crippen molar-refractivity contribution in [3.05, 3.63) is 113 Å². The molecule has 214 valence electrons. The molecule has 0 radical (unpaired) electrons. The number of hydrogen-bond acceptors (Lipinski definition) is 4. The number of carboxylic acids is 1. The first-order valence-corrected chi connectivity index (χ1v) is 13.7. The molecular weight excluding hydrogens is 543 g/mol. The molecule has 1 aliphatic rings. The Labute approximate surface area is 240 Å². The van der Waals surface area contributed by atoms with Crippen LogP contribution in [0.1, 0.15) is 45.7 Å². The molecule has 2 aromatic heterocycles. The van der Waals surface area contributed by atoms with Gasteiger partial charge in [-0.3, -0.25) is 4.39 Å². The van der Waals surface area contributed by atoms with Crippen LogP contribution >= 0.6 is 0 Å². The summed E-state index contributed by atoms with van der Waals surface area (Å²) in [6, 6.07) is 19.4. The Kier molecular flexibility index (Phi) is 7.18. The van der Waals surface area contributed by atoms with Crippen LogP contribution in [0.2, 0.25) is 0 Å². The van der Waals surface area contributed by atoms with Gasteiger partial charge in [0.05, 0.1) is 29.0 Å². The molecule has 0 amide bonds. The van der Waals surface area contributed by atoms with E-state index in [0.717, 1.165) is 18.4 Å². The van der Waals surface area contributed by atoms with Crippen LogP contribution in [0.25, 0.3) is 22.3 Å². The monoisotopic (exact) mass is 571 g/mol. The number of aromatic nitrogens is 3. The van der Waals surface area contributed by atoms with Crippen molar-refractivity contribution in [2.75, 3.05) is 6.67 Å². The van der Waals surface area contributed by atoms with E-state index in [1.165, 1.54) is 18.2 Å². The van der Waals surface area contributed by atoms with Gasteiger partial charge in [-0.15, -0.1) is 0 Å². The van der Waals surface area contributed by atoms with Crippen molar-refractivity contribution in [2.24, 2.45) is 5.41 Å². The number of ether oxygens (including phenoxy) is 1. The standard InChI is InChI=1S/C33H28F3N3O3/c1-20-5-7-23(25(35)13-20)17-42-31-4-2-3-27(38-31)24-9-6-21(14-26(24)36)15-30-37-28-10-8-22(32(40)41)16-29(28)39(30)19-33(18-34)11-12-33/h2-10,13-14,16H,11-12,15,17-19H2,1H3,(H,40,41). The lowest BCUT2D eigenvalue weighted by Gasteiger charge is -2.16. The van der Waals surface area contributed by atoms with Gasteiger partial charge in [0, 0.05) is 35.6 Å². The lowest BCUT2D eigenvalue weighted by atomic mass is 10.0. The molecule has 0 bridgehead atoms. The molecule has 1 saturated carbocycles. The average Bonchev–Trinajstić information content (AvgIpc) is 3.68. The van der Waals surface area contributed by atoms with Crippen LogP contribution in [0.3, 0.4) is 0 Å². The highest BCUT2D eigenvalue weighted by molar-refractivity contribution is 5.92. The Morgan fingerprint density at radius 1 is 1.00 bits per heavy atom. The van der Waals surface area contributed by atoms with Crippen molar-refractivity contribution in [3.63, 3.8) is 0 Å². The predicted molar refractivity (Wildman–Crippen MR) is 152 cm³/mol. The van der Waals surface area contributed by atoms with Crippen LogP contribution in [-0.4, -0.2) is 32.3 Å². The molecule has 6 rings (SSSR count). The quantitative estimate of drug-likeness (QED) is 0.190. The number of rotatable bonds is 10. The van der Waals surface area contributed by atoms with Crippen LogP contribution in [-0.2, 0) is 19.6 Å². The summed E-state index contributed by atoms with van der Waals surface area (Å²) in [6.45, 7) is 1.70. The van der Waals surface area contributed by atoms with Crippen molar-refractivity contribution >= 4 is 17.0 Å². The summed E-state index contributed by atoms with van der Waals surface area (Å²) in [7, 11) is 0. The molecule has 9 heteroatoms. The molecule has 0 saturated heterocycles. The fourth-order valence-electron chi connectivity index (χ4n) is 5.09. The number of hydrogen-bond donors (Lipinski definition) is 1. The Morgan fingerprint density at radius 3 is 2.55 bits per heavy atom. The van der Waals surface area contributed by atoms with Crippen LogP contribution in [0, 0.1) is 24.0 Å². The van der Waals surface area contributed by atoms with Crippen molar-refractivity contribution in [1.29, 1.82) is 0 Å². The lowest BCUT2D eigenvalue weighted by molar-refractivity contribution is 0.0697. The average molecular weight is 572 g/mol. The van der Waals surface area contributed by atoms with Crippen molar-refractivity contribution in [2.45, 2.75) is 39.3 Å². The van der Waals surface area contributed by atoms with Gasteiger partial charge in [0.2, 0.25) is 5.88 Å². The summed E-state index contributed by atoms with van der Waals surface area (Å²) in [4.78, 5) is 20.7. The van der Waals surface area contributed by atoms with Gasteiger partial charge in [0.15, 0.2) is 0 Å². The third kappa shape index (κ3) is 5.59. The summed E-state index contributed by atoms with van der Waals surface area (Å²) in [5.41, 5.74) is 3.38. The fraction of sp³-hybridized carbons (Fsp3) is 0.242. The number of imidazole rings is 1. The lowest BCUT2D eigenvalue weighted by Crippen LogP contribution is -2.16. The van der Waals surface area contributed by atoms with Gasteiger partial charge < -0.3 is 14.4 Å². The molecule has 0 atom stereocenters. The van der Waals surface area contributed by atoms with Gasteiger partial charge in [-0.05, 0) is 73.4 Å². The molecule has 42 heavy (non-hydrogen) atoms. The maximum atomic E-state index is 15.4. The number of halogens is 3. The van der Waals surface area contributed by atoms with Gasteiger partial charge in [0.1, 0.15) is 24.1 Å². The van der Waals surface area contributed by atoms with Crippen molar-refractivity contribution < 1.29 is 27.8 Å². The van der Waals surface area contributed by atoms with Gasteiger partial charge in [-0.1, -0.05) is 24.3 Å². The second-order valence-corrected chi connectivity index (χ2v) is 11.0. The molecule has 2 heterocycles. The van der Waals surface area contributed by atoms with E-state index in [0.29, 0.717) is 40.2 Å². The molecule has 5 aromatic rings. The minimum atomic E-state index is -1.05. The molecule has 0 unspecified atom stereocenters. The SMILES string of the molecule is Cc1ccc(COc2cccc(-c3ccc(Cc4nc5ccc(C(=O)O)cc5n4CC4(CF)CC4)cc3F)n2)c(F)c1. The van der Waals surface area contributed by atoms with Gasteiger partial charge >= 0.3 is 5.97 Å². The largest absolute Gasteiger partial charge is 0.478 e. The summed E-state index contributed by atoms with van der Waals surface area (Å²) < 4.78 is 51.0. The Balaban J connectivity index is 1.25. The molecular formula is C33H28F3N3O3. The molecule has 0 aliphatic heterocycles. The van der Waals surface area contributed by atoms with Gasteiger partial charge in [0.25, 0.3) is 0 Å². The Hall–Kier alpha value is -4.66. The summed E-state index contributed by atoms with van der Waals surface area (Å²) in [6.07, 6.45) is 1.77. The number of benzene rings is 3. The van der Waals surface area contributed by atoms with Crippen LogP contribution in [0.5, 0.6) is 5.88 Å². The number of alkyl halides is 1. The molecule has 0 spiro atoms. The number of carbonyl (C=O) groups is 1. The third-order valence-corrected chi connectivity index (χ3v) is 7.79. The second kappa shape index (κ2) is 11.0. The topological polar surface area (TPSA) is 77.2 Å². The Bertz CT molecular complexity index is 1810. The van der Waals surface area contributed by atoms with E-state index in [2.05, 4.69) is 4.98 Å². The van der Waals surface area contributed by atoms with Crippen molar-refractivity contribution in [3.8, 4) is 17.1 Å². The number of aryl methyl sites for hydroxylation is 1. The minimum Gasteiger partial charge on any atom is -0.478 e. The van der Waals surface area contributed by atoms with Crippen LogP contribution in [0.15, 0.2) is 72.8 Å². The van der Waals surface area contributed by atoms with E-state index in [1.54, 1.807) is 54.6 Å². The van der Waals surface area contributed by atoms with E-state index >= 15 is 4.39 Å². The van der Waals surface area contributed by atoms with E-state index in [9.17, 15) is 18.7 Å². The van der Waals surface area contributed by atoms with Crippen LogP contribution < -0.4 is 4.74 Å². The summed E-state index contributed by atoms with van der Waals surface area (Å²) in [5, 5.41) is 9.48. The molecule has 1 fully saturated rings. The first-order chi connectivity index (χ1) is 20.2. The first-order valence-electron chi connectivity index (χ1n) is 13.7. The predicted octanol–water partition coefficient (Wildman–Crippen LogP) is 7.30. The van der Waals surface area contributed by atoms with E-state index in [-0.39, 0.29) is 35.9 Å². The zero-order chi connectivity index (χ0) is 29.4. The minimum absolute atomic E-state index is 0.0113. The highest BCUT2D eigenvalue weighted by Gasteiger charge is 2.43. The molecule has 1 aliphatic carbocycles. The van der Waals surface area contributed by atoms with E-state index in [1.807, 2.05) is 11.5 Å². The number of aromatic carboxylic acids is 1. The Morgan fingerprint density at radius 2 is 1.83 bits per heavy atom. The van der Waals surface area contributed by atoms with Crippen LogP contribution in [0.4, 0.5) is 13.2 Å². The highest BCUT2D eigenvalue weighted by Crippen LogP contribution is 2.48. The maximum absolute atomic E-state index is 15.4. The summed E-state index contributed by atoms with van der Waals surface area (Å²) in [5.74, 6) is -1.05. The normalized spacial score (nSPS) is 13.8. The fourth-order valence-corrected chi connectivity index (χ4v) is 5.09. The zero-order valence-electron chi connectivity index (χ0n) is 22.9. The number of carboxylic acid groups (broad SMARTS) is 1. The zero-order valence-corrected chi connectivity index (χ0v) is 22.9. The highest BCUT2D eigenvalue weighted by atomic mass is 19.1. The third-order valence-electron chi connectivity index (χ3n) is 7.79. The van der Waals surface area contributed by atoms with E-state index < -0.39 is 23.9 Å². The maximum Gasteiger partial charge on any atom is 0.335 e. The van der Waals surface area contributed by atoms with E-state index in [4.69, 9.17) is 9.72 Å². The summed E-state index contributed by atoms with van der Waals surface area (Å²) >= 11 is 0. The second-order valence-electron chi connectivity index (χ2n) is 11.0. The number of nitrogens with zero attached hydrogens (tertiary/aromatic N) is 3. The van der Waals surface area contributed by atoms with Gasteiger partial charge in [-0.2, -0.15) is 0 Å². The molecule has 6 nitrogen and oxygen atoms in total. The smallest absolute Gasteiger partial charge is 0.335 e. The number of pyridine rings is 1. The first kappa shape index (κ1) is 27.5. The van der Waals surface area contributed by atoms with Crippen molar-refractivity contribution in [1.82, 2.24) is 14.5 Å². The number of fused-ring (bicyclic) bond motifs is 1. The molecule has 3 aromatic carbocycles. The van der Waals surface area contributed by atoms with Gasteiger partial charge in [-0.25, -0.2) is 23.5 Å². The molecule has 1 N–H and O–H groups in total.